The molecule has 0 aromatic heterocycles. The van der Waals surface area contributed by atoms with Gasteiger partial charge in [0.1, 0.15) is 0 Å². The van der Waals surface area contributed by atoms with Crippen molar-refractivity contribution in [3.05, 3.63) is 0 Å². The van der Waals surface area contributed by atoms with Crippen LogP contribution in [-0.4, -0.2) is 48.6 Å². The molecule has 3 rings (SSSR count). The highest BCUT2D eigenvalue weighted by molar-refractivity contribution is 5.85. The second kappa shape index (κ2) is 8.56. The molecule has 3 aliphatic heterocycles. The van der Waals surface area contributed by atoms with Crippen LogP contribution in [0.5, 0.6) is 0 Å². The lowest BCUT2D eigenvalue weighted by Crippen LogP contribution is -2.57. The first-order valence-electron chi connectivity index (χ1n) is 8.00. The maximum absolute atomic E-state index is 12.3. The zero-order valence-corrected chi connectivity index (χ0v) is 14.5. The molecule has 3 unspecified atom stereocenters. The Morgan fingerprint density at radius 3 is 2.29 bits per heavy atom. The van der Waals surface area contributed by atoms with Crippen molar-refractivity contribution in [3.8, 4) is 0 Å². The van der Waals surface area contributed by atoms with Crippen molar-refractivity contribution in [3.63, 3.8) is 0 Å². The maximum atomic E-state index is 12.3. The highest BCUT2D eigenvalue weighted by Gasteiger charge is 2.37. The van der Waals surface area contributed by atoms with Gasteiger partial charge in [-0.05, 0) is 52.1 Å². The first-order chi connectivity index (χ1) is 9.24. The van der Waals surface area contributed by atoms with Crippen molar-refractivity contribution in [2.24, 2.45) is 0 Å². The van der Waals surface area contributed by atoms with E-state index in [1.807, 2.05) is 0 Å². The van der Waals surface area contributed by atoms with Crippen LogP contribution < -0.4 is 10.6 Å². The zero-order valence-electron chi connectivity index (χ0n) is 12.8. The summed E-state index contributed by atoms with van der Waals surface area (Å²) in [5.74, 6) is 0.243. The fourth-order valence-electron chi connectivity index (χ4n) is 4.11. The largest absolute Gasteiger partial charge is 0.352 e. The first-order valence-corrected chi connectivity index (χ1v) is 8.00. The molecule has 0 aromatic rings. The van der Waals surface area contributed by atoms with Gasteiger partial charge in [0.2, 0.25) is 5.91 Å². The molecule has 0 aliphatic carbocycles. The smallest absolute Gasteiger partial charge is 0.237 e. The van der Waals surface area contributed by atoms with Gasteiger partial charge in [0, 0.05) is 18.1 Å². The molecule has 21 heavy (non-hydrogen) atoms. The fraction of sp³-hybridized carbons (Fsp3) is 0.933. The molecule has 124 valence electrons. The lowest BCUT2D eigenvalue weighted by Gasteiger charge is -2.47. The predicted molar refractivity (Wildman–Crippen MR) is 90.5 cm³/mol. The Morgan fingerprint density at radius 1 is 1.05 bits per heavy atom. The van der Waals surface area contributed by atoms with Gasteiger partial charge in [-0.1, -0.05) is 12.8 Å². The van der Waals surface area contributed by atoms with Crippen LogP contribution in [0.1, 0.15) is 51.4 Å². The molecule has 0 aromatic carbocycles. The summed E-state index contributed by atoms with van der Waals surface area (Å²) in [6.45, 7) is 0.997. The number of halogens is 2. The highest BCUT2D eigenvalue weighted by Crippen LogP contribution is 2.32. The summed E-state index contributed by atoms with van der Waals surface area (Å²) in [6, 6.07) is 1.85. The Kier molecular flexibility index (Phi) is 7.75. The average molecular weight is 338 g/mol. The van der Waals surface area contributed by atoms with E-state index in [1.54, 1.807) is 0 Å². The summed E-state index contributed by atoms with van der Waals surface area (Å²) in [7, 11) is 2.26. The highest BCUT2D eigenvalue weighted by atomic mass is 35.5. The molecule has 0 radical (unpaired) electrons. The zero-order chi connectivity index (χ0) is 13.2. The van der Waals surface area contributed by atoms with Crippen molar-refractivity contribution in [1.29, 1.82) is 0 Å². The molecule has 3 saturated heterocycles. The SMILES string of the molecule is CN1C2CCCC1CC(NC(=O)C1CCCCN1)C2.Cl.Cl. The molecule has 6 heteroatoms. The van der Waals surface area contributed by atoms with Gasteiger partial charge in [0.05, 0.1) is 6.04 Å². The van der Waals surface area contributed by atoms with Gasteiger partial charge in [-0.2, -0.15) is 0 Å². The summed E-state index contributed by atoms with van der Waals surface area (Å²) < 4.78 is 0. The number of carbonyl (C=O) groups excluding carboxylic acids is 1. The van der Waals surface area contributed by atoms with Crippen molar-refractivity contribution in [2.45, 2.75) is 75.5 Å². The van der Waals surface area contributed by atoms with Gasteiger partial charge in [-0.3, -0.25) is 4.79 Å². The molecule has 4 nitrogen and oxygen atoms in total. The van der Waals surface area contributed by atoms with E-state index in [1.165, 1.54) is 32.1 Å². The van der Waals surface area contributed by atoms with E-state index >= 15 is 0 Å². The monoisotopic (exact) mass is 337 g/mol. The Labute approximate surface area is 140 Å². The maximum Gasteiger partial charge on any atom is 0.237 e. The van der Waals surface area contributed by atoms with Crippen LogP contribution in [0.25, 0.3) is 0 Å². The average Bonchev–Trinajstić information content (AvgIpc) is 2.41. The van der Waals surface area contributed by atoms with E-state index in [0.717, 1.165) is 25.8 Å². The number of piperidine rings is 3. The topological polar surface area (TPSA) is 44.4 Å². The van der Waals surface area contributed by atoms with Crippen LogP contribution in [0.15, 0.2) is 0 Å². The van der Waals surface area contributed by atoms with Gasteiger partial charge in [-0.25, -0.2) is 0 Å². The van der Waals surface area contributed by atoms with Crippen LogP contribution >= 0.6 is 24.8 Å². The molecule has 2 bridgehead atoms. The number of amides is 1. The predicted octanol–water partition coefficient (Wildman–Crippen LogP) is 2.10. The third-order valence-electron chi connectivity index (χ3n) is 5.31. The molecule has 3 aliphatic rings. The van der Waals surface area contributed by atoms with Crippen LogP contribution in [0.4, 0.5) is 0 Å². The molecule has 0 spiro atoms. The quantitative estimate of drug-likeness (QED) is 0.811. The van der Waals surface area contributed by atoms with E-state index in [9.17, 15) is 4.79 Å². The van der Waals surface area contributed by atoms with Gasteiger partial charge in [-0.15, -0.1) is 24.8 Å². The van der Waals surface area contributed by atoms with Crippen LogP contribution in [0.3, 0.4) is 0 Å². The summed E-state index contributed by atoms with van der Waals surface area (Å²) in [6.07, 6.45) is 9.67. The molecular formula is C15H29Cl2N3O. The summed E-state index contributed by atoms with van der Waals surface area (Å²) in [5, 5.41) is 6.65. The molecular weight excluding hydrogens is 309 g/mol. The number of nitrogens with zero attached hydrogens (tertiary/aromatic N) is 1. The van der Waals surface area contributed by atoms with Gasteiger partial charge in [0.15, 0.2) is 0 Å². The molecule has 3 fully saturated rings. The lowest BCUT2D eigenvalue weighted by molar-refractivity contribution is -0.125. The van der Waals surface area contributed by atoms with Gasteiger partial charge >= 0.3 is 0 Å². The third-order valence-corrected chi connectivity index (χ3v) is 5.31. The number of fused-ring (bicyclic) bond motifs is 2. The lowest BCUT2D eigenvalue weighted by atomic mass is 9.82. The minimum atomic E-state index is 0. The van der Waals surface area contributed by atoms with E-state index in [-0.39, 0.29) is 36.8 Å². The van der Waals surface area contributed by atoms with Crippen molar-refractivity contribution < 1.29 is 4.79 Å². The minimum absolute atomic E-state index is 0. The Morgan fingerprint density at radius 2 is 1.71 bits per heavy atom. The van der Waals surface area contributed by atoms with Crippen LogP contribution in [0, 0.1) is 0 Å². The number of hydrogen-bond donors (Lipinski definition) is 2. The van der Waals surface area contributed by atoms with Gasteiger partial charge < -0.3 is 15.5 Å². The Balaban J connectivity index is 0.00000110. The van der Waals surface area contributed by atoms with Gasteiger partial charge in [0.25, 0.3) is 0 Å². The first kappa shape index (κ1) is 19.0. The number of carbonyl (C=O) groups is 1. The number of nitrogens with one attached hydrogen (secondary N) is 2. The molecule has 0 saturated carbocycles. The van der Waals surface area contributed by atoms with E-state index in [4.69, 9.17) is 0 Å². The van der Waals surface area contributed by atoms with Crippen molar-refractivity contribution in [2.75, 3.05) is 13.6 Å². The van der Waals surface area contributed by atoms with E-state index in [2.05, 4.69) is 22.6 Å². The van der Waals surface area contributed by atoms with Crippen LogP contribution in [0.2, 0.25) is 0 Å². The Bertz CT molecular complexity index is 323. The Hall–Kier alpha value is -0.0300. The second-order valence-corrected chi connectivity index (χ2v) is 6.58. The number of rotatable bonds is 2. The second-order valence-electron chi connectivity index (χ2n) is 6.58. The molecule has 1 amide bonds. The fourth-order valence-corrected chi connectivity index (χ4v) is 4.11. The van der Waals surface area contributed by atoms with Crippen molar-refractivity contribution in [1.82, 2.24) is 15.5 Å². The molecule has 2 N–H and O–H groups in total. The minimum Gasteiger partial charge on any atom is -0.352 e. The van der Waals surface area contributed by atoms with E-state index < -0.39 is 0 Å². The molecule has 3 atom stereocenters. The van der Waals surface area contributed by atoms with Crippen molar-refractivity contribution >= 4 is 30.7 Å². The summed E-state index contributed by atoms with van der Waals surface area (Å²) in [5.41, 5.74) is 0. The van der Waals surface area contributed by atoms with E-state index in [0.29, 0.717) is 18.1 Å². The van der Waals surface area contributed by atoms with Crippen LogP contribution in [-0.2, 0) is 4.79 Å². The third kappa shape index (κ3) is 4.47. The molecule has 3 heterocycles. The normalized spacial score (nSPS) is 36.0. The standard InChI is InChI=1S/C15H27N3O.2ClH/c1-18-12-5-4-6-13(18)10-11(9-12)17-15(19)14-7-2-3-8-16-14;;/h11-14,16H,2-10H2,1H3,(H,17,19);2*1H. The summed E-state index contributed by atoms with van der Waals surface area (Å²) >= 11 is 0. The summed E-state index contributed by atoms with van der Waals surface area (Å²) in [4.78, 5) is 14.8. The number of hydrogen-bond acceptors (Lipinski definition) is 3.